The van der Waals surface area contributed by atoms with Gasteiger partial charge >= 0.3 is 0 Å². The highest BCUT2D eigenvalue weighted by atomic mass is 16.3. The first-order valence-electron chi connectivity index (χ1n) is 7.36. The van der Waals surface area contributed by atoms with Crippen LogP contribution in [0.3, 0.4) is 0 Å². The van der Waals surface area contributed by atoms with E-state index in [2.05, 4.69) is 28.3 Å². The zero-order valence-corrected chi connectivity index (χ0v) is 13.3. The van der Waals surface area contributed by atoms with Gasteiger partial charge in [-0.25, -0.2) is 0 Å². The van der Waals surface area contributed by atoms with Crippen LogP contribution in [-0.2, 0) is 4.79 Å². The van der Waals surface area contributed by atoms with Crippen molar-refractivity contribution in [2.75, 3.05) is 26.7 Å². The molecular formula is C16H25N3O2. The van der Waals surface area contributed by atoms with Crippen LogP contribution in [0, 0.1) is 12.3 Å². The van der Waals surface area contributed by atoms with Crippen molar-refractivity contribution < 1.29 is 9.90 Å². The minimum absolute atomic E-state index is 0.0535. The van der Waals surface area contributed by atoms with Gasteiger partial charge in [0.2, 0.25) is 5.91 Å². The summed E-state index contributed by atoms with van der Waals surface area (Å²) in [6, 6.07) is 4.14. The molecule has 0 unspecified atom stereocenters. The number of hydrogen-bond acceptors (Lipinski definition) is 4. The predicted molar refractivity (Wildman–Crippen MR) is 82.0 cm³/mol. The van der Waals surface area contributed by atoms with Gasteiger partial charge in [0.05, 0.1) is 12.0 Å². The molecule has 5 heteroatoms. The Bertz CT molecular complexity index is 499. The Kier molecular flexibility index (Phi) is 4.64. The van der Waals surface area contributed by atoms with E-state index in [1.165, 1.54) is 0 Å². The van der Waals surface area contributed by atoms with E-state index >= 15 is 0 Å². The number of aryl methyl sites for hydroxylation is 1. The maximum atomic E-state index is 12.3. The Balaban J connectivity index is 2.14. The maximum absolute atomic E-state index is 12.3. The van der Waals surface area contributed by atoms with E-state index in [0.29, 0.717) is 0 Å². The third-order valence-corrected chi connectivity index (χ3v) is 4.19. The van der Waals surface area contributed by atoms with Crippen LogP contribution in [-0.4, -0.2) is 53.7 Å². The lowest BCUT2D eigenvalue weighted by Gasteiger charge is -2.26. The zero-order valence-electron chi connectivity index (χ0n) is 13.3. The summed E-state index contributed by atoms with van der Waals surface area (Å²) in [6.45, 7) is 7.03. The fraction of sp³-hybridized carbons (Fsp3) is 0.625. The van der Waals surface area contributed by atoms with E-state index in [-0.39, 0.29) is 24.5 Å². The lowest BCUT2D eigenvalue weighted by atomic mass is 9.91. The number of rotatable bonds is 4. The summed E-state index contributed by atoms with van der Waals surface area (Å²) < 4.78 is 0. The van der Waals surface area contributed by atoms with Gasteiger partial charge in [0.25, 0.3) is 0 Å². The number of hydrogen-bond donors (Lipinski definition) is 2. The molecule has 1 amide bonds. The van der Waals surface area contributed by atoms with Crippen molar-refractivity contribution in [2.24, 2.45) is 5.41 Å². The van der Waals surface area contributed by atoms with Gasteiger partial charge in [0.1, 0.15) is 0 Å². The van der Waals surface area contributed by atoms with Crippen molar-refractivity contribution in [1.29, 1.82) is 0 Å². The number of carbonyl (C=O) groups excluding carboxylic acids is 1. The molecule has 116 valence electrons. The van der Waals surface area contributed by atoms with E-state index in [0.717, 1.165) is 24.3 Å². The Hall–Kier alpha value is -1.46. The monoisotopic (exact) mass is 291 g/mol. The van der Waals surface area contributed by atoms with Crippen LogP contribution in [0.4, 0.5) is 0 Å². The first kappa shape index (κ1) is 15.9. The molecule has 0 aliphatic carbocycles. The number of pyridine rings is 1. The maximum Gasteiger partial charge on any atom is 0.228 e. The van der Waals surface area contributed by atoms with Crippen molar-refractivity contribution in [3.05, 3.63) is 29.6 Å². The van der Waals surface area contributed by atoms with Crippen molar-refractivity contribution in [3.8, 4) is 0 Å². The van der Waals surface area contributed by atoms with E-state index in [9.17, 15) is 9.90 Å². The molecule has 0 saturated carbocycles. The molecule has 5 nitrogen and oxygen atoms in total. The summed E-state index contributed by atoms with van der Waals surface area (Å²) in [5, 5.41) is 12.4. The SMILES string of the molecule is Cc1ccc([C@@H]2CN(C)C[C@H]2NC(=O)C(C)(C)CO)cn1. The van der Waals surface area contributed by atoms with Gasteiger partial charge in [-0.05, 0) is 39.4 Å². The molecule has 0 aromatic carbocycles. The number of nitrogens with zero attached hydrogens (tertiary/aromatic N) is 2. The summed E-state index contributed by atoms with van der Waals surface area (Å²) in [7, 11) is 2.05. The quantitative estimate of drug-likeness (QED) is 0.866. The molecule has 1 aromatic heterocycles. The molecule has 1 aliphatic heterocycles. The largest absolute Gasteiger partial charge is 0.395 e. The summed E-state index contributed by atoms with van der Waals surface area (Å²) in [4.78, 5) is 18.8. The Morgan fingerprint density at radius 3 is 2.76 bits per heavy atom. The number of nitrogens with one attached hydrogen (secondary N) is 1. The van der Waals surface area contributed by atoms with Crippen LogP contribution < -0.4 is 5.32 Å². The average molecular weight is 291 g/mol. The molecule has 0 spiro atoms. The molecule has 2 N–H and O–H groups in total. The van der Waals surface area contributed by atoms with Crippen molar-refractivity contribution >= 4 is 5.91 Å². The Morgan fingerprint density at radius 2 is 2.19 bits per heavy atom. The minimum Gasteiger partial charge on any atom is -0.395 e. The lowest BCUT2D eigenvalue weighted by molar-refractivity contribution is -0.132. The van der Waals surface area contributed by atoms with Gasteiger partial charge in [-0.2, -0.15) is 0 Å². The fourth-order valence-corrected chi connectivity index (χ4v) is 2.62. The van der Waals surface area contributed by atoms with E-state index < -0.39 is 5.41 Å². The highest BCUT2D eigenvalue weighted by Crippen LogP contribution is 2.27. The van der Waals surface area contributed by atoms with Crippen LogP contribution in [0.2, 0.25) is 0 Å². The van der Waals surface area contributed by atoms with Crippen molar-refractivity contribution in [3.63, 3.8) is 0 Å². The molecular weight excluding hydrogens is 266 g/mol. The number of likely N-dealkylation sites (N-methyl/N-ethyl adjacent to an activating group) is 1. The number of likely N-dealkylation sites (tertiary alicyclic amines) is 1. The smallest absolute Gasteiger partial charge is 0.228 e. The van der Waals surface area contributed by atoms with Gasteiger partial charge in [-0.3, -0.25) is 9.78 Å². The average Bonchev–Trinajstić information content (AvgIpc) is 2.80. The normalized spacial score (nSPS) is 23.3. The second-order valence-corrected chi connectivity index (χ2v) is 6.68. The molecule has 21 heavy (non-hydrogen) atoms. The number of amides is 1. The van der Waals surface area contributed by atoms with E-state index in [1.54, 1.807) is 13.8 Å². The summed E-state index contributed by atoms with van der Waals surface area (Å²) in [5.41, 5.74) is 1.39. The molecule has 1 aliphatic rings. The highest BCUT2D eigenvalue weighted by molar-refractivity contribution is 5.82. The molecule has 1 saturated heterocycles. The molecule has 1 aromatic rings. The first-order valence-corrected chi connectivity index (χ1v) is 7.36. The highest BCUT2D eigenvalue weighted by Gasteiger charge is 2.36. The van der Waals surface area contributed by atoms with Gasteiger partial charge in [-0.1, -0.05) is 6.07 Å². The third-order valence-electron chi connectivity index (χ3n) is 4.19. The lowest BCUT2D eigenvalue weighted by Crippen LogP contribution is -2.47. The third kappa shape index (κ3) is 3.60. The van der Waals surface area contributed by atoms with Crippen molar-refractivity contribution in [1.82, 2.24) is 15.2 Å². The fourth-order valence-electron chi connectivity index (χ4n) is 2.62. The molecule has 2 atom stereocenters. The second kappa shape index (κ2) is 6.12. The van der Waals surface area contributed by atoms with Crippen LogP contribution in [0.15, 0.2) is 18.3 Å². The molecule has 2 heterocycles. The van der Waals surface area contributed by atoms with Gasteiger partial charge in [-0.15, -0.1) is 0 Å². The summed E-state index contributed by atoms with van der Waals surface area (Å²) in [6.07, 6.45) is 1.90. The number of aliphatic hydroxyl groups is 1. The molecule has 1 fully saturated rings. The number of aromatic nitrogens is 1. The second-order valence-electron chi connectivity index (χ2n) is 6.68. The van der Waals surface area contributed by atoms with Crippen LogP contribution in [0.1, 0.15) is 31.0 Å². The molecule has 0 radical (unpaired) electrons. The summed E-state index contributed by atoms with van der Waals surface area (Å²) >= 11 is 0. The standard InChI is InChI=1S/C16H25N3O2/c1-11-5-6-12(7-17-11)13-8-19(4)9-14(13)18-15(21)16(2,3)10-20/h5-7,13-14,20H,8-10H2,1-4H3,(H,18,21)/t13-,14+/m0/s1. The van der Waals surface area contributed by atoms with Gasteiger partial charge < -0.3 is 15.3 Å². The number of aliphatic hydroxyl groups excluding tert-OH is 1. The first-order chi connectivity index (χ1) is 9.83. The van der Waals surface area contributed by atoms with Gasteiger partial charge in [0.15, 0.2) is 0 Å². The van der Waals surface area contributed by atoms with E-state index in [1.807, 2.05) is 19.2 Å². The zero-order chi connectivity index (χ0) is 15.6. The number of carbonyl (C=O) groups is 1. The van der Waals surface area contributed by atoms with Crippen LogP contribution in [0.25, 0.3) is 0 Å². The van der Waals surface area contributed by atoms with Gasteiger partial charge in [0, 0.05) is 36.9 Å². The topological polar surface area (TPSA) is 65.5 Å². The Morgan fingerprint density at radius 1 is 1.48 bits per heavy atom. The predicted octanol–water partition coefficient (Wildman–Crippen LogP) is 0.922. The Labute approximate surface area is 126 Å². The minimum atomic E-state index is -0.753. The summed E-state index contributed by atoms with van der Waals surface area (Å²) in [5.74, 6) is 0.136. The van der Waals surface area contributed by atoms with E-state index in [4.69, 9.17) is 0 Å². The van der Waals surface area contributed by atoms with Crippen LogP contribution >= 0.6 is 0 Å². The molecule has 0 bridgehead atoms. The van der Waals surface area contributed by atoms with Crippen molar-refractivity contribution in [2.45, 2.75) is 32.7 Å². The molecule has 2 rings (SSSR count). The van der Waals surface area contributed by atoms with Crippen LogP contribution in [0.5, 0.6) is 0 Å².